The summed E-state index contributed by atoms with van der Waals surface area (Å²) in [6.45, 7) is 3.03. The molecule has 4 rings (SSSR count). The molecule has 8 heteroatoms. The van der Waals surface area contributed by atoms with Crippen molar-refractivity contribution in [3.63, 3.8) is 0 Å². The number of sulfonamides is 1. The highest BCUT2D eigenvalue weighted by Gasteiger charge is 2.29. The number of hydrogen-bond acceptors (Lipinski definition) is 4. The summed E-state index contributed by atoms with van der Waals surface area (Å²) >= 11 is 0. The number of aromatic nitrogens is 2. The fraction of sp³-hybridized carbons (Fsp3) is 0.286. The summed E-state index contributed by atoms with van der Waals surface area (Å²) in [5.41, 5.74) is 1.50. The van der Waals surface area contributed by atoms with E-state index in [2.05, 4.69) is 22.1 Å². The topological polar surface area (TPSA) is 58.4 Å². The van der Waals surface area contributed by atoms with Gasteiger partial charge in [0.1, 0.15) is 11.5 Å². The Kier molecular flexibility index (Phi) is 5.75. The predicted octanol–water partition coefficient (Wildman–Crippen LogP) is 2.56. The van der Waals surface area contributed by atoms with Gasteiger partial charge in [-0.1, -0.05) is 30.3 Å². The van der Waals surface area contributed by atoms with Crippen LogP contribution in [0, 0.1) is 5.82 Å². The van der Waals surface area contributed by atoms with Crippen LogP contribution in [0.4, 0.5) is 4.39 Å². The average Bonchev–Trinajstić information content (AvgIpc) is 3.28. The Labute approximate surface area is 170 Å². The standard InChI is InChI=1S/C21H23FN4O2S/c22-20-17-19(7-8-21(20)26-11-4-10-23-26)29(27,28)25-15-13-24(14-16-25)12-9-18-5-2-1-3-6-18/h1-8,10-11,17H,9,12-16H2. The molecule has 0 aliphatic carbocycles. The molecule has 29 heavy (non-hydrogen) atoms. The summed E-state index contributed by atoms with van der Waals surface area (Å²) in [6, 6.07) is 15.9. The van der Waals surface area contributed by atoms with E-state index in [-0.39, 0.29) is 10.6 Å². The number of hydrogen-bond donors (Lipinski definition) is 0. The molecule has 0 radical (unpaired) electrons. The number of halogens is 1. The first-order valence-corrected chi connectivity index (χ1v) is 11.0. The fourth-order valence-electron chi connectivity index (χ4n) is 3.52. The highest BCUT2D eigenvalue weighted by atomic mass is 32.2. The third kappa shape index (κ3) is 4.39. The summed E-state index contributed by atoms with van der Waals surface area (Å²) < 4.78 is 43.2. The molecule has 2 aromatic carbocycles. The lowest BCUT2D eigenvalue weighted by Crippen LogP contribution is -2.49. The van der Waals surface area contributed by atoms with Crippen LogP contribution < -0.4 is 0 Å². The molecule has 0 amide bonds. The molecule has 1 aromatic heterocycles. The largest absolute Gasteiger partial charge is 0.300 e. The Hall–Kier alpha value is -2.55. The van der Waals surface area contributed by atoms with E-state index in [0.29, 0.717) is 26.2 Å². The van der Waals surface area contributed by atoms with E-state index in [4.69, 9.17) is 0 Å². The molecular formula is C21H23FN4O2S. The van der Waals surface area contributed by atoms with Crippen molar-refractivity contribution >= 4 is 10.0 Å². The van der Waals surface area contributed by atoms with E-state index in [1.54, 1.807) is 18.5 Å². The first-order chi connectivity index (χ1) is 14.0. The lowest BCUT2D eigenvalue weighted by Gasteiger charge is -2.34. The third-order valence-corrected chi connectivity index (χ3v) is 7.09. The molecule has 0 unspecified atom stereocenters. The summed E-state index contributed by atoms with van der Waals surface area (Å²) in [7, 11) is -3.72. The molecular weight excluding hydrogens is 391 g/mol. The normalized spacial score (nSPS) is 16.2. The van der Waals surface area contributed by atoms with Crippen molar-refractivity contribution in [1.82, 2.24) is 19.0 Å². The third-order valence-electron chi connectivity index (χ3n) is 5.20. The van der Waals surface area contributed by atoms with Gasteiger partial charge >= 0.3 is 0 Å². The molecule has 1 saturated heterocycles. The van der Waals surface area contributed by atoms with Crippen molar-refractivity contribution in [3.8, 4) is 5.69 Å². The minimum absolute atomic E-state index is 0.0244. The summed E-state index contributed by atoms with van der Waals surface area (Å²) in [6.07, 6.45) is 4.09. The molecule has 0 atom stereocenters. The second-order valence-corrected chi connectivity index (χ2v) is 8.98. The number of benzene rings is 2. The van der Waals surface area contributed by atoms with Crippen molar-refractivity contribution in [1.29, 1.82) is 0 Å². The maximum atomic E-state index is 14.5. The second kappa shape index (κ2) is 8.44. The van der Waals surface area contributed by atoms with Gasteiger partial charge < -0.3 is 4.90 Å². The Morgan fingerprint density at radius 3 is 2.38 bits per heavy atom. The van der Waals surface area contributed by atoms with Crippen LogP contribution in [0.25, 0.3) is 5.69 Å². The second-order valence-electron chi connectivity index (χ2n) is 7.05. The van der Waals surface area contributed by atoms with Crippen molar-refractivity contribution in [2.45, 2.75) is 11.3 Å². The van der Waals surface area contributed by atoms with Gasteiger partial charge in [-0.05, 0) is 36.2 Å². The van der Waals surface area contributed by atoms with E-state index in [1.165, 1.54) is 26.7 Å². The van der Waals surface area contributed by atoms with Crippen LogP contribution in [0.2, 0.25) is 0 Å². The number of nitrogens with zero attached hydrogens (tertiary/aromatic N) is 4. The lowest BCUT2D eigenvalue weighted by atomic mass is 10.1. The Bertz CT molecular complexity index is 1050. The zero-order valence-corrected chi connectivity index (χ0v) is 16.8. The van der Waals surface area contributed by atoms with Crippen LogP contribution in [0.1, 0.15) is 5.56 Å². The predicted molar refractivity (Wildman–Crippen MR) is 109 cm³/mol. The van der Waals surface area contributed by atoms with E-state index in [9.17, 15) is 12.8 Å². The van der Waals surface area contributed by atoms with Gasteiger partial charge in [0.25, 0.3) is 0 Å². The smallest absolute Gasteiger partial charge is 0.243 e. The van der Waals surface area contributed by atoms with Gasteiger partial charge in [-0.3, -0.25) is 0 Å². The van der Waals surface area contributed by atoms with Crippen LogP contribution in [-0.4, -0.2) is 60.1 Å². The monoisotopic (exact) mass is 414 g/mol. The van der Waals surface area contributed by atoms with Gasteiger partial charge in [-0.2, -0.15) is 9.40 Å². The van der Waals surface area contributed by atoms with E-state index >= 15 is 0 Å². The molecule has 0 saturated carbocycles. The van der Waals surface area contributed by atoms with Crippen molar-refractivity contribution in [3.05, 3.63) is 78.4 Å². The summed E-state index contributed by atoms with van der Waals surface area (Å²) in [5, 5.41) is 3.99. The molecule has 6 nitrogen and oxygen atoms in total. The molecule has 2 heterocycles. The first-order valence-electron chi connectivity index (χ1n) is 9.60. The van der Waals surface area contributed by atoms with Gasteiger partial charge in [0.15, 0.2) is 0 Å². The minimum atomic E-state index is -3.72. The molecule has 0 N–H and O–H groups in total. The van der Waals surface area contributed by atoms with Crippen LogP contribution in [0.3, 0.4) is 0 Å². The van der Waals surface area contributed by atoms with Crippen LogP contribution in [0.15, 0.2) is 71.9 Å². The highest BCUT2D eigenvalue weighted by Crippen LogP contribution is 2.22. The van der Waals surface area contributed by atoms with Crippen molar-refractivity contribution < 1.29 is 12.8 Å². The van der Waals surface area contributed by atoms with E-state index in [1.807, 2.05) is 18.2 Å². The number of piperazine rings is 1. The lowest BCUT2D eigenvalue weighted by molar-refractivity contribution is 0.190. The molecule has 3 aromatic rings. The van der Waals surface area contributed by atoms with Gasteiger partial charge in [0.2, 0.25) is 10.0 Å². The summed E-state index contributed by atoms with van der Waals surface area (Å²) in [4.78, 5) is 2.24. The Morgan fingerprint density at radius 2 is 1.72 bits per heavy atom. The SMILES string of the molecule is O=S(=O)(c1ccc(-n2cccn2)c(F)c1)N1CCN(CCc2ccccc2)CC1. The Balaban J connectivity index is 1.39. The molecule has 1 fully saturated rings. The minimum Gasteiger partial charge on any atom is -0.300 e. The van der Waals surface area contributed by atoms with E-state index < -0.39 is 15.8 Å². The summed E-state index contributed by atoms with van der Waals surface area (Å²) in [5.74, 6) is -0.615. The average molecular weight is 415 g/mol. The van der Waals surface area contributed by atoms with Gasteiger partial charge in [-0.15, -0.1) is 0 Å². The Morgan fingerprint density at radius 1 is 0.966 bits per heavy atom. The van der Waals surface area contributed by atoms with Crippen molar-refractivity contribution in [2.24, 2.45) is 0 Å². The maximum Gasteiger partial charge on any atom is 0.243 e. The van der Waals surface area contributed by atoms with Gasteiger partial charge in [0.05, 0.1) is 4.90 Å². The zero-order valence-electron chi connectivity index (χ0n) is 16.0. The molecule has 1 aliphatic rings. The van der Waals surface area contributed by atoms with Crippen LogP contribution in [-0.2, 0) is 16.4 Å². The molecule has 0 bridgehead atoms. The molecule has 152 valence electrons. The quantitative estimate of drug-likeness (QED) is 0.622. The van der Waals surface area contributed by atoms with Crippen molar-refractivity contribution in [2.75, 3.05) is 32.7 Å². The van der Waals surface area contributed by atoms with Gasteiger partial charge in [-0.25, -0.2) is 17.5 Å². The first kappa shape index (κ1) is 19.8. The fourth-order valence-corrected chi connectivity index (χ4v) is 4.95. The zero-order chi connectivity index (χ0) is 20.3. The number of rotatable bonds is 6. The highest BCUT2D eigenvalue weighted by molar-refractivity contribution is 7.89. The van der Waals surface area contributed by atoms with Crippen LogP contribution in [0.5, 0.6) is 0 Å². The van der Waals surface area contributed by atoms with Gasteiger partial charge in [0, 0.05) is 45.1 Å². The van der Waals surface area contributed by atoms with Crippen LogP contribution >= 0.6 is 0 Å². The van der Waals surface area contributed by atoms with E-state index in [0.717, 1.165) is 19.0 Å². The molecule has 0 spiro atoms. The molecule has 1 aliphatic heterocycles. The maximum absolute atomic E-state index is 14.5.